The maximum Gasteiger partial charge on any atom is 0.269 e. The van der Waals surface area contributed by atoms with E-state index < -0.39 is 4.92 Å². The van der Waals surface area contributed by atoms with E-state index in [2.05, 4.69) is 10.1 Å². The summed E-state index contributed by atoms with van der Waals surface area (Å²) in [6.07, 6.45) is 1.63. The fraction of sp³-hybridized carbons (Fsp3) is 0.278. The lowest BCUT2D eigenvalue weighted by molar-refractivity contribution is -0.384. The molecule has 1 saturated heterocycles. The van der Waals surface area contributed by atoms with Crippen LogP contribution in [0.3, 0.4) is 0 Å². The maximum absolute atomic E-state index is 10.7. The molecular formula is C18H19N3O4. The predicted molar refractivity (Wildman–Crippen MR) is 95.0 cm³/mol. The van der Waals surface area contributed by atoms with Gasteiger partial charge < -0.3 is 14.5 Å². The molecule has 7 heteroatoms. The van der Waals surface area contributed by atoms with Crippen molar-refractivity contribution in [2.24, 2.45) is 5.16 Å². The molecule has 0 N–H and O–H groups in total. The van der Waals surface area contributed by atoms with Crippen LogP contribution >= 0.6 is 0 Å². The second kappa shape index (κ2) is 8.25. The van der Waals surface area contributed by atoms with Gasteiger partial charge in [0.15, 0.2) is 0 Å². The summed E-state index contributed by atoms with van der Waals surface area (Å²) in [6.45, 7) is 3.51. The molecule has 130 valence electrons. The molecule has 3 rings (SSSR count). The summed E-state index contributed by atoms with van der Waals surface area (Å²) < 4.78 is 5.35. The molecule has 1 aliphatic rings. The first kappa shape index (κ1) is 16.9. The van der Waals surface area contributed by atoms with Crippen molar-refractivity contribution < 1.29 is 14.5 Å². The zero-order valence-electron chi connectivity index (χ0n) is 13.7. The van der Waals surface area contributed by atoms with Crippen LogP contribution in [0.5, 0.6) is 0 Å². The van der Waals surface area contributed by atoms with E-state index in [9.17, 15) is 10.1 Å². The predicted octanol–water partition coefficient (Wildman–Crippen LogP) is 2.98. The SMILES string of the molecule is O=[N+]([O-])c1cccc(CO/N=C\c2ccc(N3CCOCC3)cc2)c1. The molecule has 1 heterocycles. The number of rotatable bonds is 6. The number of anilines is 1. The molecule has 0 aromatic heterocycles. The van der Waals surface area contributed by atoms with Crippen LogP contribution in [0.2, 0.25) is 0 Å². The van der Waals surface area contributed by atoms with Crippen molar-refractivity contribution in [1.29, 1.82) is 0 Å². The Morgan fingerprint density at radius 2 is 1.96 bits per heavy atom. The molecule has 0 aliphatic carbocycles. The molecule has 1 fully saturated rings. The molecule has 0 atom stereocenters. The minimum absolute atomic E-state index is 0.0452. The van der Waals surface area contributed by atoms with Gasteiger partial charge in [0.05, 0.1) is 24.4 Å². The Morgan fingerprint density at radius 3 is 2.68 bits per heavy atom. The molecular weight excluding hydrogens is 322 g/mol. The summed E-state index contributed by atoms with van der Waals surface area (Å²) in [5.74, 6) is 0. The second-order valence-electron chi connectivity index (χ2n) is 5.63. The van der Waals surface area contributed by atoms with E-state index in [-0.39, 0.29) is 12.3 Å². The maximum atomic E-state index is 10.7. The summed E-state index contributed by atoms with van der Waals surface area (Å²) in [4.78, 5) is 17.8. The summed E-state index contributed by atoms with van der Waals surface area (Å²) in [5, 5.41) is 14.7. The largest absolute Gasteiger partial charge is 0.391 e. The Labute approximate surface area is 145 Å². The summed E-state index contributed by atoms with van der Waals surface area (Å²) in [6, 6.07) is 14.4. The highest BCUT2D eigenvalue weighted by Gasteiger charge is 2.10. The second-order valence-corrected chi connectivity index (χ2v) is 5.63. The fourth-order valence-electron chi connectivity index (χ4n) is 2.56. The standard InChI is InChI=1S/C18H19N3O4/c22-21(23)18-3-1-2-16(12-18)14-25-19-13-15-4-6-17(7-5-15)20-8-10-24-11-9-20/h1-7,12-13H,8-11,14H2/b19-13-. The van der Waals surface area contributed by atoms with Crippen molar-refractivity contribution in [3.05, 3.63) is 69.8 Å². The third-order valence-electron chi connectivity index (χ3n) is 3.90. The molecule has 0 unspecified atom stereocenters. The normalized spacial score (nSPS) is 14.6. The average molecular weight is 341 g/mol. The van der Waals surface area contributed by atoms with Crippen molar-refractivity contribution in [3.8, 4) is 0 Å². The van der Waals surface area contributed by atoms with Crippen molar-refractivity contribution in [3.63, 3.8) is 0 Å². The Balaban J connectivity index is 1.52. The summed E-state index contributed by atoms with van der Waals surface area (Å²) in [5.41, 5.74) is 2.84. The molecule has 0 spiro atoms. The molecule has 2 aromatic rings. The average Bonchev–Trinajstić information content (AvgIpc) is 2.67. The van der Waals surface area contributed by atoms with Crippen LogP contribution in [-0.2, 0) is 16.2 Å². The molecule has 0 radical (unpaired) electrons. The molecule has 1 aliphatic heterocycles. The summed E-state index contributed by atoms with van der Waals surface area (Å²) >= 11 is 0. The van der Waals surface area contributed by atoms with Crippen molar-refractivity contribution >= 4 is 17.6 Å². The Hall–Kier alpha value is -2.93. The van der Waals surface area contributed by atoms with Gasteiger partial charge in [-0.15, -0.1) is 0 Å². The first-order valence-corrected chi connectivity index (χ1v) is 8.04. The number of nitrogens with zero attached hydrogens (tertiary/aromatic N) is 3. The number of non-ortho nitro benzene ring substituents is 1. The van der Waals surface area contributed by atoms with E-state index in [1.54, 1.807) is 18.3 Å². The Kier molecular flexibility index (Phi) is 5.58. The van der Waals surface area contributed by atoms with Crippen LogP contribution in [0.15, 0.2) is 53.7 Å². The van der Waals surface area contributed by atoms with Gasteiger partial charge in [-0.05, 0) is 23.3 Å². The molecule has 0 bridgehead atoms. The zero-order valence-corrected chi connectivity index (χ0v) is 13.7. The zero-order chi connectivity index (χ0) is 17.5. The lowest BCUT2D eigenvalue weighted by Crippen LogP contribution is -2.36. The number of hydrogen-bond acceptors (Lipinski definition) is 6. The number of oxime groups is 1. The molecule has 0 amide bonds. The first-order valence-electron chi connectivity index (χ1n) is 8.04. The molecule has 2 aromatic carbocycles. The van der Waals surface area contributed by atoms with Gasteiger partial charge in [0.1, 0.15) is 6.61 Å². The number of nitro benzene ring substituents is 1. The first-order chi connectivity index (χ1) is 12.2. The number of hydrogen-bond donors (Lipinski definition) is 0. The minimum Gasteiger partial charge on any atom is -0.391 e. The van der Waals surface area contributed by atoms with Gasteiger partial charge in [-0.2, -0.15) is 0 Å². The van der Waals surface area contributed by atoms with Crippen LogP contribution in [0.4, 0.5) is 11.4 Å². The van der Waals surface area contributed by atoms with E-state index in [1.165, 1.54) is 12.1 Å². The quantitative estimate of drug-likeness (QED) is 0.458. The van der Waals surface area contributed by atoms with E-state index >= 15 is 0 Å². The van der Waals surface area contributed by atoms with E-state index in [1.807, 2.05) is 24.3 Å². The van der Waals surface area contributed by atoms with Crippen molar-refractivity contribution in [1.82, 2.24) is 0 Å². The summed E-state index contributed by atoms with van der Waals surface area (Å²) in [7, 11) is 0. The number of benzene rings is 2. The third kappa shape index (κ3) is 4.77. The van der Waals surface area contributed by atoms with Gasteiger partial charge in [0.25, 0.3) is 5.69 Å². The van der Waals surface area contributed by atoms with E-state index in [4.69, 9.17) is 9.57 Å². The Morgan fingerprint density at radius 1 is 1.20 bits per heavy atom. The van der Waals surface area contributed by atoms with Gasteiger partial charge >= 0.3 is 0 Å². The number of morpholine rings is 1. The number of ether oxygens (including phenoxy) is 1. The van der Waals surface area contributed by atoms with Gasteiger partial charge in [-0.1, -0.05) is 29.4 Å². The lowest BCUT2D eigenvalue weighted by atomic mass is 10.2. The fourth-order valence-corrected chi connectivity index (χ4v) is 2.56. The highest BCUT2D eigenvalue weighted by atomic mass is 16.6. The molecule has 25 heavy (non-hydrogen) atoms. The smallest absolute Gasteiger partial charge is 0.269 e. The van der Waals surface area contributed by atoms with Crippen LogP contribution in [0.1, 0.15) is 11.1 Å². The van der Waals surface area contributed by atoms with Crippen LogP contribution in [-0.4, -0.2) is 37.4 Å². The van der Waals surface area contributed by atoms with Gasteiger partial charge in [-0.25, -0.2) is 0 Å². The third-order valence-corrected chi connectivity index (χ3v) is 3.90. The van der Waals surface area contributed by atoms with Crippen LogP contribution in [0.25, 0.3) is 0 Å². The number of nitro groups is 1. The molecule has 0 saturated carbocycles. The minimum atomic E-state index is -0.428. The lowest BCUT2D eigenvalue weighted by Gasteiger charge is -2.28. The highest BCUT2D eigenvalue weighted by Crippen LogP contribution is 2.16. The van der Waals surface area contributed by atoms with Gasteiger partial charge in [0, 0.05) is 30.9 Å². The van der Waals surface area contributed by atoms with Crippen molar-refractivity contribution in [2.75, 3.05) is 31.2 Å². The van der Waals surface area contributed by atoms with Gasteiger partial charge in [-0.3, -0.25) is 10.1 Å². The van der Waals surface area contributed by atoms with Crippen LogP contribution < -0.4 is 4.90 Å². The molecule has 7 nitrogen and oxygen atoms in total. The van der Waals surface area contributed by atoms with Crippen molar-refractivity contribution in [2.45, 2.75) is 6.61 Å². The van der Waals surface area contributed by atoms with Crippen LogP contribution in [0, 0.1) is 10.1 Å². The highest BCUT2D eigenvalue weighted by molar-refractivity contribution is 5.79. The Bertz CT molecular complexity index is 740. The monoisotopic (exact) mass is 341 g/mol. The van der Waals surface area contributed by atoms with E-state index in [0.29, 0.717) is 5.56 Å². The van der Waals surface area contributed by atoms with E-state index in [0.717, 1.165) is 37.6 Å². The van der Waals surface area contributed by atoms with Gasteiger partial charge in [0.2, 0.25) is 0 Å². The topological polar surface area (TPSA) is 77.2 Å².